The average molecular weight is 369 g/mol. The highest BCUT2D eigenvalue weighted by Gasteiger charge is 2.11. The maximum atomic E-state index is 10.7. The summed E-state index contributed by atoms with van der Waals surface area (Å²) in [7, 11) is 0. The van der Waals surface area contributed by atoms with Crippen molar-refractivity contribution >= 4 is 11.9 Å². The zero-order valence-electron chi connectivity index (χ0n) is 17.4. The van der Waals surface area contributed by atoms with Crippen LogP contribution in [0.2, 0.25) is 0 Å². The van der Waals surface area contributed by atoms with Gasteiger partial charge >= 0.3 is 11.9 Å². The van der Waals surface area contributed by atoms with E-state index in [9.17, 15) is 9.59 Å². The van der Waals surface area contributed by atoms with Crippen LogP contribution in [-0.4, -0.2) is 22.2 Å². The van der Waals surface area contributed by atoms with Crippen molar-refractivity contribution in [2.75, 3.05) is 0 Å². The van der Waals surface area contributed by atoms with Crippen LogP contribution in [0, 0.1) is 5.92 Å². The number of carbonyl (C=O) groups is 2. The Balaban J connectivity index is 0. The Kier molecular flexibility index (Phi) is 18.7. The van der Waals surface area contributed by atoms with Crippen LogP contribution in [0.1, 0.15) is 98.3 Å². The van der Waals surface area contributed by atoms with E-state index in [-0.39, 0.29) is 0 Å². The predicted octanol–water partition coefficient (Wildman–Crippen LogP) is 6.61. The highest BCUT2D eigenvalue weighted by molar-refractivity contribution is 5.86. The van der Waals surface area contributed by atoms with E-state index in [1.807, 2.05) is 13.0 Å². The molecule has 0 radical (unpaired) electrons. The maximum absolute atomic E-state index is 10.7. The molecule has 0 fully saturated rings. The van der Waals surface area contributed by atoms with E-state index in [1.165, 1.54) is 25.7 Å². The van der Waals surface area contributed by atoms with Gasteiger partial charge in [0.1, 0.15) is 0 Å². The Labute approximate surface area is 160 Å². The van der Waals surface area contributed by atoms with Gasteiger partial charge in [-0.2, -0.15) is 0 Å². The quantitative estimate of drug-likeness (QED) is 0.267. The van der Waals surface area contributed by atoms with Crippen molar-refractivity contribution in [3.8, 4) is 0 Å². The minimum atomic E-state index is -0.852. The molecule has 0 rings (SSSR count). The summed E-state index contributed by atoms with van der Waals surface area (Å²) in [5.74, 6) is -1.10. The lowest BCUT2D eigenvalue weighted by atomic mass is 9.92. The topological polar surface area (TPSA) is 74.6 Å². The molecule has 1 unspecified atom stereocenters. The molecule has 0 aromatic rings. The van der Waals surface area contributed by atoms with Crippen molar-refractivity contribution in [2.45, 2.75) is 98.3 Å². The SMILES string of the molecule is C=C(CC(CC)CCCC)C(=O)O.CCC=C(CCCCCC)C(=O)O. The van der Waals surface area contributed by atoms with Gasteiger partial charge in [0.2, 0.25) is 0 Å². The number of carboxylic acids is 2. The van der Waals surface area contributed by atoms with Crippen molar-refractivity contribution in [1.29, 1.82) is 0 Å². The molecule has 4 nitrogen and oxygen atoms in total. The summed E-state index contributed by atoms with van der Waals surface area (Å²) in [6, 6.07) is 0. The third kappa shape index (κ3) is 15.9. The van der Waals surface area contributed by atoms with Crippen LogP contribution in [0.4, 0.5) is 0 Å². The molecule has 2 N–H and O–H groups in total. The number of rotatable bonds is 14. The van der Waals surface area contributed by atoms with Gasteiger partial charge in [-0.1, -0.05) is 85.3 Å². The van der Waals surface area contributed by atoms with Crippen LogP contribution in [0.15, 0.2) is 23.8 Å². The van der Waals surface area contributed by atoms with Gasteiger partial charge in [0.25, 0.3) is 0 Å². The average Bonchev–Trinajstić information content (AvgIpc) is 2.61. The lowest BCUT2D eigenvalue weighted by Gasteiger charge is -2.13. The van der Waals surface area contributed by atoms with E-state index in [0.29, 0.717) is 23.5 Å². The molecule has 0 aromatic carbocycles. The Bertz CT molecular complexity index is 424. The molecule has 152 valence electrons. The van der Waals surface area contributed by atoms with Gasteiger partial charge in [-0.05, 0) is 31.6 Å². The molecule has 26 heavy (non-hydrogen) atoms. The number of unbranched alkanes of at least 4 members (excludes halogenated alkanes) is 4. The lowest BCUT2D eigenvalue weighted by molar-refractivity contribution is -0.133. The Morgan fingerprint density at radius 3 is 1.96 bits per heavy atom. The third-order valence-electron chi connectivity index (χ3n) is 4.41. The van der Waals surface area contributed by atoms with Crippen molar-refractivity contribution < 1.29 is 19.8 Å². The molecule has 0 aliphatic carbocycles. The molecule has 0 amide bonds. The Morgan fingerprint density at radius 1 is 0.923 bits per heavy atom. The molecular formula is C22H40O4. The highest BCUT2D eigenvalue weighted by atomic mass is 16.4. The van der Waals surface area contributed by atoms with Gasteiger partial charge in [-0.3, -0.25) is 0 Å². The molecule has 0 aliphatic rings. The van der Waals surface area contributed by atoms with Crippen LogP contribution in [-0.2, 0) is 9.59 Å². The maximum Gasteiger partial charge on any atom is 0.331 e. The molecule has 0 spiro atoms. The minimum absolute atomic E-state index is 0.350. The van der Waals surface area contributed by atoms with Gasteiger partial charge in [-0.15, -0.1) is 0 Å². The fraction of sp³-hybridized carbons (Fsp3) is 0.727. The summed E-state index contributed by atoms with van der Waals surface area (Å²) in [5, 5.41) is 17.4. The van der Waals surface area contributed by atoms with Crippen molar-refractivity contribution in [2.24, 2.45) is 5.92 Å². The van der Waals surface area contributed by atoms with Gasteiger partial charge in [0, 0.05) is 11.1 Å². The zero-order valence-corrected chi connectivity index (χ0v) is 17.4. The largest absolute Gasteiger partial charge is 0.478 e. The van der Waals surface area contributed by atoms with E-state index in [1.54, 1.807) is 0 Å². The fourth-order valence-corrected chi connectivity index (χ4v) is 2.66. The number of hydrogen-bond acceptors (Lipinski definition) is 2. The number of hydrogen-bond donors (Lipinski definition) is 2. The van der Waals surface area contributed by atoms with Gasteiger partial charge < -0.3 is 10.2 Å². The van der Waals surface area contributed by atoms with Crippen LogP contribution in [0.3, 0.4) is 0 Å². The molecule has 4 heteroatoms. The smallest absolute Gasteiger partial charge is 0.331 e. The highest BCUT2D eigenvalue weighted by Crippen LogP contribution is 2.20. The molecular weight excluding hydrogens is 328 g/mol. The van der Waals surface area contributed by atoms with E-state index < -0.39 is 11.9 Å². The van der Waals surface area contributed by atoms with E-state index >= 15 is 0 Å². The van der Waals surface area contributed by atoms with Crippen molar-refractivity contribution in [3.05, 3.63) is 23.8 Å². The molecule has 1 atom stereocenters. The van der Waals surface area contributed by atoms with E-state index in [2.05, 4.69) is 27.4 Å². The molecule has 0 saturated heterocycles. The zero-order chi connectivity index (χ0) is 20.4. The van der Waals surface area contributed by atoms with Gasteiger partial charge in [0.05, 0.1) is 0 Å². The normalized spacial score (nSPS) is 12.1. The summed E-state index contributed by atoms with van der Waals surface area (Å²) in [6.07, 6.45) is 13.1. The standard InChI is InChI=1S/2C11H20O2/c1-4-6-7-10(5-2)8-9(3)11(12)13;1-3-5-6-7-9-10(8-4-2)11(12)13/h10H,3-8H2,1-2H3,(H,12,13);8H,3-7,9H2,1-2H3,(H,12,13). The van der Waals surface area contributed by atoms with Crippen LogP contribution in [0.5, 0.6) is 0 Å². The first-order valence-electron chi connectivity index (χ1n) is 10.2. The summed E-state index contributed by atoms with van der Waals surface area (Å²) in [5.41, 5.74) is 0.932. The summed E-state index contributed by atoms with van der Waals surface area (Å²) >= 11 is 0. The summed E-state index contributed by atoms with van der Waals surface area (Å²) < 4.78 is 0. The second kappa shape index (κ2) is 18.2. The number of allylic oxidation sites excluding steroid dienone is 1. The second-order valence-corrected chi connectivity index (χ2v) is 6.78. The van der Waals surface area contributed by atoms with Crippen LogP contribution >= 0.6 is 0 Å². The van der Waals surface area contributed by atoms with Crippen molar-refractivity contribution in [3.63, 3.8) is 0 Å². The molecule has 0 saturated carbocycles. The predicted molar refractivity (Wildman–Crippen MR) is 109 cm³/mol. The summed E-state index contributed by atoms with van der Waals surface area (Å²) in [6.45, 7) is 11.9. The van der Waals surface area contributed by atoms with E-state index in [4.69, 9.17) is 10.2 Å². The molecule has 0 bridgehead atoms. The molecule has 0 heterocycles. The van der Waals surface area contributed by atoms with Crippen LogP contribution in [0.25, 0.3) is 0 Å². The number of aliphatic carboxylic acids is 2. The molecule has 0 aromatic heterocycles. The lowest BCUT2D eigenvalue weighted by Crippen LogP contribution is -2.06. The third-order valence-corrected chi connectivity index (χ3v) is 4.41. The minimum Gasteiger partial charge on any atom is -0.478 e. The van der Waals surface area contributed by atoms with Gasteiger partial charge in [-0.25, -0.2) is 9.59 Å². The number of carboxylic acid groups (broad SMARTS) is 2. The first-order valence-corrected chi connectivity index (χ1v) is 10.2. The second-order valence-electron chi connectivity index (χ2n) is 6.78. The van der Waals surface area contributed by atoms with Crippen LogP contribution < -0.4 is 0 Å². The Morgan fingerprint density at radius 2 is 1.54 bits per heavy atom. The Hall–Kier alpha value is -1.58. The van der Waals surface area contributed by atoms with Gasteiger partial charge in [0.15, 0.2) is 0 Å². The monoisotopic (exact) mass is 368 g/mol. The molecule has 0 aliphatic heterocycles. The van der Waals surface area contributed by atoms with E-state index in [0.717, 1.165) is 38.5 Å². The van der Waals surface area contributed by atoms with Crippen molar-refractivity contribution in [1.82, 2.24) is 0 Å². The first kappa shape index (κ1) is 26.6. The fourth-order valence-electron chi connectivity index (χ4n) is 2.66. The summed E-state index contributed by atoms with van der Waals surface area (Å²) in [4.78, 5) is 21.2. The first-order chi connectivity index (χ1) is 12.3.